The van der Waals surface area contributed by atoms with Crippen LogP contribution < -0.4 is 0 Å². The molecule has 0 spiro atoms. The van der Waals surface area contributed by atoms with Gasteiger partial charge < -0.3 is 4.90 Å². The molecule has 0 aromatic heterocycles. The van der Waals surface area contributed by atoms with Crippen LogP contribution in [0.5, 0.6) is 0 Å². The molecule has 1 amide bonds. The fraction of sp³-hybridized carbons (Fsp3) is 0.375. The van der Waals surface area contributed by atoms with Crippen LogP contribution in [0.15, 0.2) is 22.1 Å². The van der Waals surface area contributed by atoms with Crippen molar-refractivity contribution < 1.29 is 4.79 Å². The fourth-order valence-electron chi connectivity index (χ4n) is 0.756. The summed E-state index contributed by atoms with van der Waals surface area (Å²) in [5.74, 6) is 0.135. The molecule has 0 aliphatic carbocycles. The number of amides is 1. The maximum Gasteiger partial charge on any atom is 0.281 e. The van der Waals surface area contributed by atoms with Crippen LogP contribution >= 0.6 is 0 Å². The lowest BCUT2D eigenvalue weighted by Gasteiger charge is -2.15. The largest absolute Gasteiger partial charge is 0.347 e. The number of guanidine groups is 1. The predicted octanol–water partition coefficient (Wildman–Crippen LogP) is 0.461. The summed E-state index contributed by atoms with van der Waals surface area (Å²) in [7, 11) is 3.58. The SMILES string of the molecule is C=C1C(=O)N=C(N(C)C)N=C1C. The molecule has 0 atom stereocenters. The first kappa shape index (κ1) is 8.64. The van der Waals surface area contributed by atoms with E-state index in [4.69, 9.17) is 0 Å². The molecule has 1 aliphatic rings. The summed E-state index contributed by atoms with van der Waals surface area (Å²) in [6.07, 6.45) is 0. The molecule has 0 unspecified atom stereocenters. The highest BCUT2D eigenvalue weighted by Gasteiger charge is 2.17. The highest BCUT2D eigenvalue weighted by molar-refractivity contribution is 6.27. The van der Waals surface area contributed by atoms with Crippen LogP contribution in [-0.2, 0) is 4.79 Å². The molecule has 64 valence electrons. The molecule has 12 heavy (non-hydrogen) atoms. The summed E-state index contributed by atoms with van der Waals surface area (Å²) in [4.78, 5) is 20.6. The highest BCUT2D eigenvalue weighted by atomic mass is 16.1. The van der Waals surface area contributed by atoms with Crippen molar-refractivity contribution in [1.29, 1.82) is 0 Å². The third kappa shape index (κ3) is 1.42. The Bertz CT molecular complexity index is 299. The summed E-state index contributed by atoms with van der Waals surface area (Å²) in [5, 5.41) is 0. The first-order valence-corrected chi connectivity index (χ1v) is 3.57. The van der Waals surface area contributed by atoms with Crippen molar-refractivity contribution >= 4 is 17.6 Å². The van der Waals surface area contributed by atoms with Gasteiger partial charge in [0.2, 0.25) is 5.96 Å². The van der Waals surface area contributed by atoms with Crippen molar-refractivity contribution in [1.82, 2.24) is 4.90 Å². The molecule has 4 heteroatoms. The standard InChI is InChI=1S/C8H11N3O/c1-5-6(2)9-8(11(3)4)10-7(5)12/h1H2,2-4H3. The Labute approximate surface area is 71.3 Å². The van der Waals surface area contributed by atoms with Crippen molar-refractivity contribution in [3.8, 4) is 0 Å². The average molecular weight is 165 g/mol. The molecular weight excluding hydrogens is 154 g/mol. The van der Waals surface area contributed by atoms with Gasteiger partial charge >= 0.3 is 0 Å². The van der Waals surface area contributed by atoms with E-state index >= 15 is 0 Å². The zero-order chi connectivity index (χ0) is 9.30. The lowest BCUT2D eigenvalue weighted by atomic mass is 10.2. The first-order chi connectivity index (χ1) is 5.52. The van der Waals surface area contributed by atoms with Crippen LogP contribution in [0.1, 0.15) is 6.92 Å². The van der Waals surface area contributed by atoms with Gasteiger partial charge in [-0.25, -0.2) is 4.99 Å². The number of aliphatic imine (C=N–C) groups is 2. The van der Waals surface area contributed by atoms with E-state index < -0.39 is 0 Å². The van der Waals surface area contributed by atoms with Crippen molar-refractivity contribution in [2.24, 2.45) is 9.98 Å². The number of carbonyl (C=O) groups excluding carboxylic acids is 1. The minimum absolute atomic E-state index is 0.300. The van der Waals surface area contributed by atoms with E-state index in [1.165, 1.54) is 0 Å². The Morgan fingerprint density at radius 1 is 1.33 bits per heavy atom. The van der Waals surface area contributed by atoms with Crippen LogP contribution in [0.2, 0.25) is 0 Å². The Balaban J connectivity index is 3.03. The van der Waals surface area contributed by atoms with Gasteiger partial charge in [0.1, 0.15) is 0 Å². The second-order valence-corrected chi connectivity index (χ2v) is 2.79. The van der Waals surface area contributed by atoms with Gasteiger partial charge in [-0.3, -0.25) is 4.79 Å². The van der Waals surface area contributed by atoms with Gasteiger partial charge in [-0.2, -0.15) is 4.99 Å². The van der Waals surface area contributed by atoms with Crippen LogP contribution in [0, 0.1) is 0 Å². The summed E-state index contributed by atoms with van der Waals surface area (Å²) in [6, 6.07) is 0. The van der Waals surface area contributed by atoms with Gasteiger partial charge in [0.15, 0.2) is 0 Å². The third-order valence-corrected chi connectivity index (χ3v) is 1.56. The van der Waals surface area contributed by atoms with Gasteiger partial charge in [-0.05, 0) is 6.92 Å². The zero-order valence-corrected chi connectivity index (χ0v) is 7.46. The summed E-state index contributed by atoms with van der Waals surface area (Å²) >= 11 is 0. The van der Waals surface area contributed by atoms with Crippen LogP contribution in [-0.4, -0.2) is 36.6 Å². The minimum Gasteiger partial charge on any atom is -0.347 e. The molecule has 0 saturated carbocycles. The van der Waals surface area contributed by atoms with E-state index in [2.05, 4.69) is 16.6 Å². The monoisotopic (exact) mass is 165 g/mol. The molecule has 0 aromatic rings. The number of hydrogen-bond donors (Lipinski definition) is 0. The molecule has 0 N–H and O–H groups in total. The zero-order valence-electron chi connectivity index (χ0n) is 7.46. The normalized spacial score (nSPS) is 17.2. The minimum atomic E-state index is -0.300. The first-order valence-electron chi connectivity index (χ1n) is 3.57. The van der Waals surface area contributed by atoms with Gasteiger partial charge in [0, 0.05) is 14.1 Å². The van der Waals surface area contributed by atoms with E-state index in [-0.39, 0.29) is 5.91 Å². The van der Waals surface area contributed by atoms with Crippen LogP contribution in [0.3, 0.4) is 0 Å². The Hall–Kier alpha value is -1.45. The second kappa shape index (κ2) is 2.89. The van der Waals surface area contributed by atoms with E-state index in [1.54, 1.807) is 25.9 Å². The van der Waals surface area contributed by atoms with E-state index in [0.29, 0.717) is 17.2 Å². The van der Waals surface area contributed by atoms with E-state index in [0.717, 1.165) is 0 Å². The molecule has 1 rings (SSSR count). The molecule has 1 heterocycles. The molecule has 1 aliphatic heterocycles. The topological polar surface area (TPSA) is 45.0 Å². The fourth-order valence-corrected chi connectivity index (χ4v) is 0.756. The summed E-state index contributed by atoms with van der Waals surface area (Å²) in [6.45, 7) is 5.31. The maximum atomic E-state index is 11.1. The average Bonchev–Trinajstić information content (AvgIpc) is 1.99. The smallest absolute Gasteiger partial charge is 0.281 e. The molecule has 4 nitrogen and oxygen atoms in total. The molecule has 0 fully saturated rings. The summed E-state index contributed by atoms with van der Waals surface area (Å²) < 4.78 is 0. The number of nitrogens with zero attached hydrogens (tertiary/aromatic N) is 3. The van der Waals surface area contributed by atoms with Crippen molar-refractivity contribution in [2.75, 3.05) is 14.1 Å². The number of rotatable bonds is 0. The molecular formula is C8H11N3O. The lowest BCUT2D eigenvalue weighted by molar-refractivity contribution is -0.113. The lowest BCUT2D eigenvalue weighted by Crippen LogP contribution is -2.27. The highest BCUT2D eigenvalue weighted by Crippen LogP contribution is 2.06. The second-order valence-electron chi connectivity index (χ2n) is 2.79. The van der Waals surface area contributed by atoms with E-state index in [1.807, 2.05) is 0 Å². The quantitative estimate of drug-likeness (QED) is 0.489. The Morgan fingerprint density at radius 3 is 2.33 bits per heavy atom. The molecule has 0 bridgehead atoms. The van der Waals surface area contributed by atoms with Gasteiger partial charge in [-0.1, -0.05) is 6.58 Å². The van der Waals surface area contributed by atoms with Gasteiger partial charge in [0.25, 0.3) is 5.91 Å². The molecule has 0 saturated heterocycles. The third-order valence-electron chi connectivity index (χ3n) is 1.56. The van der Waals surface area contributed by atoms with E-state index in [9.17, 15) is 4.79 Å². The molecule has 0 aromatic carbocycles. The van der Waals surface area contributed by atoms with Gasteiger partial charge in [0.05, 0.1) is 11.3 Å². The molecule has 0 radical (unpaired) electrons. The van der Waals surface area contributed by atoms with Gasteiger partial charge in [-0.15, -0.1) is 0 Å². The van der Waals surface area contributed by atoms with Crippen LogP contribution in [0.25, 0.3) is 0 Å². The predicted molar refractivity (Wildman–Crippen MR) is 48.4 cm³/mol. The summed E-state index contributed by atoms with van der Waals surface area (Å²) in [5.41, 5.74) is 1.01. The van der Waals surface area contributed by atoms with Crippen molar-refractivity contribution in [3.63, 3.8) is 0 Å². The van der Waals surface area contributed by atoms with Crippen molar-refractivity contribution in [2.45, 2.75) is 6.92 Å². The Kier molecular flexibility index (Phi) is 2.08. The Morgan fingerprint density at radius 2 is 1.92 bits per heavy atom. The maximum absolute atomic E-state index is 11.1. The number of carbonyl (C=O) groups is 1. The van der Waals surface area contributed by atoms with Crippen molar-refractivity contribution in [3.05, 3.63) is 12.2 Å². The van der Waals surface area contributed by atoms with Crippen LogP contribution in [0.4, 0.5) is 0 Å². The number of hydrogen-bond acceptors (Lipinski definition) is 3.